The Morgan fingerprint density at radius 1 is 1.29 bits per heavy atom. The Kier molecular flexibility index (Phi) is 5.41. The fourth-order valence-electron chi connectivity index (χ4n) is 2.39. The van der Waals surface area contributed by atoms with Gasteiger partial charge in [-0.25, -0.2) is 0 Å². The van der Waals surface area contributed by atoms with Gasteiger partial charge in [0.2, 0.25) is 11.8 Å². The molecule has 5 N–H and O–H groups in total. The van der Waals surface area contributed by atoms with Crippen molar-refractivity contribution in [3.63, 3.8) is 0 Å². The molecule has 1 aliphatic carbocycles. The molecule has 1 saturated carbocycles. The quantitative estimate of drug-likeness (QED) is 0.644. The fourth-order valence-corrected chi connectivity index (χ4v) is 2.39. The zero-order valence-electron chi connectivity index (χ0n) is 10.4. The summed E-state index contributed by atoms with van der Waals surface area (Å²) in [5.74, 6) is -0.284. The van der Waals surface area contributed by atoms with E-state index in [1.807, 2.05) is 6.92 Å². The van der Waals surface area contributed by atoms with Crippen molar-refractivity contribution < 1.29 is 9.59 Å². The zero-order valence-corrected chi connectivity index (χ0v) is 10.4. The van der Waals surface area contributed by atoms with Gasteiger partial charge in [-0.1, -0.05) is 19.3 Å². The van der Waals surface area contributed by atoms with Gasteiger partial charge in [-0.2, -0.15) is 0 Å². The number of amides is 2. The summed E-state index contributed by atoms with van der Waals surface area (Å²) in [4.78, 5) is 22.4. The molecule has 1 fully saturated rings. The highest BCUT2D eigenvalue weighted by atomic mass is 16.2. The van der Waals surface area contributed by atoms with E-state index in [1.54, 1.807) is 0 Å². The van der Waals surface area contributed by atoms with E-state index >= 15 is 0 Å². The van der Waals surface area contributed by atoms with Gasteiger partial charge >= 0.3 is 0 Å². The molecule has 5 heteroatoms. The first kappa shape index (κ1) is 14.0. The number of hydrogen-bond acceptors (Lipinski definition) is 3. The first-order chi connectivity index (χ1) is 8.00. The largest absolute Gasteiger partial charge is 0.370 e. The Morgan fingerprint density at radius 2 is 1.88 bits per heavy atom. The Balaban J connectivity index is 2.36. The highest BCUT2D eigenvalue weighted by Gasteiger charge is 2.24. The monoisotopic (exact) mass is 241 g/mol. The fraction of sp³-hybridized carbons (Fsp3) is 0.833. The maximum absolute atomic E-state index is 11.7. The van der Waals surface area contributed by atoms with Gasteiger partial charge in [0.15, 0.2) is 0 Å². The maximum atomic E-state index is 11.7. The average Bonchev–Trinajstić information content (AvgIpc) is 2.29. The number of rotatable bonds is 5. The number of primary amides is 1. The van der Waals surface area contributed by atoms with Crippen LogP contribution in [0.3, 0.4) is 0 Å². The molecule has 98 valence electrons. The van der Waals surface area contributed by atoms with E-state index in [0.29, 0.717) is 5.92 Å². The third kappa shape index (κ3) is 4.73. The Hall–Kier alpha value is -1.10. The highest BCUT2D eigenvalue weighted by molar-refractivity contribution is 5.87. The van der Waals surface area contributed by atoms with E-state index in [1.165, 1.54) is 19.3 Å². The molecule has 0 aromatic heterocycles. The van der Waals surface area contributed by atoms with Gasteiger partial charge in [0.1, 0.15) is 0 Å². The van der Waals surface area contributed by atoms with Crippen LogP contribution >= 0.6 is 0 Å². The van der Waals surface area contributed by atoms with Crippen LogP contribution in [0.5, 0.6) is 0 Å². The van der Waals surface area contributed by atoms with E-state index in [2.05, 4.69) is 5.32 Å². The topological polar surface area (TPSA) is 98.2 Å². The third-order valence-electron chi connectivity index (χ3n) is 3.48. The Bertz CT molecular complexity index is 275. The molecule has 1 aliphatic rings. The minimum Gasteiger partial charge on any atom is -0.370 e. The van der Waals surface area contributed by atoms with Gasteiger partial charge in [-0.15, -0.1) is 0 Å². The normalized spacial score (nSPS) is 20.6. The van der Waals surface area contributed by atoms with Gasteiger partial charge in [-0.05, 0) is 25.7 Å². The predicted molar refractivity (Wildman–Crippen MR) is 66.0 cm³/mol. The molecule has 0 aromatic rings. The molecule has 0 bridgehead atoms. The lowest BCUT2D eigenvalue weighted by Crippen LogP contribution is -2.48. The summed E-state index contributed by atoms with van der Waals surface area (Å²) < 4.78 is 0. The van der Waals surface area contributed by atoms with Crippen LogP contribution in [0, 0.1) is 5.92 Å². The van der Waals surface area contributed by atoms with Crippen molar-refractivity contribution >= 4 is 11.8 Å². The summed E-state index contributed by atoms with van der Waals surface area (Å²) in [6.45, 7) is 2.00. The summed E-state index contributed by atoms with van der Waals surface area (Å²) in [6.07, 6.45) is 5.98. The van der Waals surface area contributed by atoms with Crippen molar-refractivity contribution in [1.29, 1.82) is 0 Å². The molecular weight excluding hydrogens is 218 g/mol. The second kappa shape index (κ2) is 6.59. The van der Waals surface area contributed by atoms with Crippen molar-refractivity contribution in [2.45, 2.75) is 57.5 Å². The highest BCUT2D eigenvalue weighted by Crippen LogP contribution is 2.26. The minimum absolute atomic E-state index is 0.0940. The number of carbonyl (C=O) groups is 2. The van der Waals surface area contributed by atoms with E-state index in [-0.39, 0.29) is 18.4 Å². The smallest absolute Gasteiger partial charge is 0.237 e. The van der Waals surface area contributed by atoms with Crippen molar-refractivity contribution in [1.82, 2.24) is 5.32 Å². The van der Waals surface area contributed by atoms with Gasteiger partial charge < -0.3 is 16.8 Å². The van der Waals surface area contributed by atoms with Crippen LogP contribution in [-0.2, 0) is 9.59 Å². The van der Waals surface area contributed by atoms with Gasteiger partial charge in [0, 0.05) is 6.04 Å². The van der Waals surface area contributed by atoms with Gasteiger partial charge in [-0.3, -0.25) is 9.59 Å². The number of nitrogens with one attached hydrogen (secondary N) is 1. The van der Waals surface area contributed by atoms with Crippen LogP contribution in [0.4, 0.5) is 0 Å². The SMILES string of the molecule is C[C@H](NC(=O)C(N)CC(N)=O)C1CCCCC1. The van der Waals surface area contributed by atoms with E-state index in [0.717, 1.165) is 12.8 Å². The second-order valence-corrected chi connectivity index (χ2v) is 4.97. The first-order valence-corrected chi connectivity index (χ1v) is 6.35. The van der Waals surface area contributed by atoms with Crippen molar-refractivity contribution in [3.05, 3.63) is 0 Å². The molecular formula is C12H23N3O2. The summed E-state index contributed by atoms with van der Waals surface area (Å²) in [5.41, 5.74) is 10.6. The van der Waals surface area contributed by atoms with Crippen LogP contribution in [0.15, 0.2) is 0 Å². The molecule has 5 nitrogen and oxygen atoms in total. The van der Waals surface area contributed by atoms with E-state index < -0.39 is 11.9 Å². The van der Waals surface area contributed by atoms with E-state index in [9.17, 15) is 9.59 Å². The average molecular weight is 241 g/mol. The van der Waals surface area contributed by atoms with Crippen LogP contribution in [0.25, 0.3) is 0 Å². The second-order valence-electron chi connectivity index (χ2n) is 4.97. The summed E-state index contributed by atoms with van der Waals surface area (Å²) in [6, 6.07) is -0.694. The van der Waals surface area contributed by atoms with Crippen molar-refractivity contribution in [2.24, 2.45) is 17.4 Å². The van der Waals surface area contributed by atoms with Crippen LogP contribution in [0.1, 0.15) is 45.4 Å². The molecule has 0 aromatic carbocycles. The molecule has 0 radical (unpaired) electrons. The molecule has 17 heavy (non-hydrogen) atoms. The van der Waals surface area contributed by atoms with Crippen LogP contribution in [-0.4, -0.2) is 23.9 Å². The summed E-state index contributed by atoms with van der Waals surface area (Å²) in [7, 11) is 0. The van der Waals surface area contributed by atoms with Crippen LogP contribution < -0.4 is 16.8 Å². The lowest BCUT2D eigenvalue weighted by Gasteiger charge is -2.29. The van der Waals surface area contributed by atoms with Crippen molar-refractivity contribution in [2.75, 3.05) is 0 Å². The van der Waals surface area contributed by atoms with E-state index in [4.69, 9.17) is 11.5 Å². The number of nitrogens with two attached hydrogens (primary N) is 2. The molecule has 1 rings (SSSR count). The number of carbonyl (C=O) groups excluding carboxylic acids is 2. The lowest BCUT2D eigenvalue weighted by atomic mass is 9.84. The molecule has 0 spiro atoms. The molecule has 0 aliphatic heterocycles. The minimum atomic E-state index is -0.821. The summed E-state index contributed by atoms with van der Waals surface area (Å²) >= 11 is 0. The maximum Gasteiger partial charge on any atom is 0.237 e. The van der Waals surface area contributed by atoms with Gasteiger partial charge in [0.25, 0.3) is 0 Å². The standard InChI is InChI=1S/C12H23N3O2/c1-8(9-5-3-2-4-6-9)15-12(17)10(13)7-11(14)16/h8-10H,2-7,13H2,1H3,(H2,14,16)(H,15,17)/t8-,10?/m0/s1. The lowest BCUT2D eigenvalue weighted by molar-refractivity contribution is -0.127. The zero-order chi connectivity index (χ0) is 12.8. The molecule has 0 heterocycles. The summed E-state index contributed by atoms with van der Waals surface area (Å²) in [5, 5.41) is 2.88. The molecule has 0 saturated heterocycles. The van der Waals surface area contributed by atoms with Crippen molar-refractivity contribution in [3.8, 4) is 0 Å². The Labute approximate surface area is 102 Å². The molecule has 1 unspecified atom stereocenters. The van der Waals surface area contributed by atoms with Crippen LogP contribution in [0.2, 0.25) is 0 Å². The molecule has 2 atom stereocenters. The number of hydrogen-bond donors (Lipinski definition) is 3. The molecule has 2 amide bonds. The van der Waals surface area contributed by atoms with Gasteiger partial charge in [0.05, 0.1) is 12.5 Å². The third-order valence-corrected chi connectivity index (χ3v) is 3.48. The predicted octanol–water partition coefficient (Wildman–Crippen LogP) is 0.274. The Morgan fingerprint density at radius 3 is 2.41 bits per heavy atom. The first-order valence-electron chi connectivity index (χ1n) is 6.35.